The van der Waals surface area contributed by atoms with E-state index in [1.54, 1.807) is 0 Å². The molecule has 2 aromatic rings. The van der Waals surface area contributed by atoms with Crippen molar-refractivity contribution in [1.82, 2.24) is 0 Å². The SMILES string of the molecule is CCC(CNc1ccc([N+](=O)[O-])cc1S(N)(=O)=O)c1ccccc1. The minimum Gasteiger partial charge on any atom is -0.383 e. The van der Waals surface area contributed by atoms with Gasteiger partial charge in [-0.15, -0.1) is 0 Å². The fourth-order valence-corrected chi connectivity index (χ4v) is 3.19. The number of benzene rings is 2. The van der Waals surface area contributed by atoms with E-state index in [-0.39, 0.29) is 22.2 Å². The second kappa shape index (κ2) is 7.41. The smallest absolute Gasteiger partial charge is 0.270 e. The lowest BCUT2D eigenvalue weighted by molar-refractivity contribution is -0.385. The van der Waals surface area contributed by atoms with Crippen molar-refractivity contribution in [2.45, 2.75) is 24.2 Å². The standard InChI is InChI=1S/C16H19N3O4S/c1-2-12(13-6-4-3-5-7-13)11-18-15-9-8-14(19(20)21)10-16(15)24(17,22)23/h3-10,12,18H,2,11H2,1H3,(H2,17,22,23). The van der Waals surface area contributed by atoms with E-state index in [0.717, 1.165) is 18.1 Å². The van der Waals surface area contributed by atoms with Crippen LogP contribution in [0.2, 0.25) is 0 Å². The van der Waals surface area contributed by atoms with E-state index in [2.05, 4.69) is 5.32 Å². The first-order chi connectivity index (χ1) is 11.3. The maximum atomic E-state index is 11.7. The van der Waals surface area contributed by atoms with Gasteiger partial charge >= 0.3 is 0 Å². The number of hydrogen-bond donors (Lipinski definition) is 2. The zero-order chi connectivity index (χ0) is 17.7. The number of nitrogens with one attached hydrogen (secondary N) is 1. The third-order valence-electron chi connectivity index (χ3n) is 3.79. The third kappa shape index (κ3) is 4.30. The summed E-state index contributed by atoms with van der Waals surface area (Å²) < 4.78 is 23.5. The van der Waals surface area contributed by atoms with Gasteiger partial charge in [-0.25, -0.2) is 13.6 Å². The Morgan fingerprint density at radius 3 is 2.42 bits per heavy atom. The van der Waals surface area contributed by atoms with Gasteiger partial charge in [-0.2, -0.15) is 0 Å². The van der Waals surface area contributed by atoms with Crippen LogP contribution in [0.4, 0.5) is 11.4 Å². The number of sulfonamides is 1. The van der Waals surface area contributed by atoms with Crippen molar-refractivity contribution in [3.05, 3.63) is 64.2 Å². The highest BCUT2D eigenvalue weighted by atomic mass is 32.2. The van der Waals surface area contributed by atoms with Crippen LogP contribution in [0.5, 0.6) is 0 Å². The molecule has 8 heteroatoms. The molecule has 0 aliphatic heterocycles. The van der Waals surface area contributed by atoms with Gasteiger partial charge < -0.3 is 5.32 Å². The van der Waals surface area contributed by atoms with Crippen LogP contribution in [0.3, 0.4) is 0 Å². The van der Waals surface area contributed by atoms with Crippen LogP contribution >= 0.6 is 0 Å². The van der Waals surface area contributed by atoms with Crippen LogP contribution in [-0.2, 0) is 10.0 Å². The number of non-ortho nitro benzene ring substituents is 1. The summed E-state index contributed by atoms with van der Waals surface area (Å²) in [5.41, 5.74) is 1.07. The molecular weight excluding hydrogens is 330 g/mol. The lowest BCUT2D eigenvalue weighted by Gasteiger charge is -2.18. The first-order valence-electron chi connectivity index (χ1n) is 7.43. The number of anilines is 1. The summed E-state index contributed by atoms with van der Waals surface area (Å²) in [4.78, 5) is 9.90. The number of hydrogen-bond acceptors (Lipinski definition) is 5. The van der Waals surface area contributed by atoms with Gasteiger partial charge in [0.05, 0.1) is 10.6 Å². The largest absolute Gasteiger partial charge is 0.383 e. The normalized spacial score (nSPS) is 12.6. The average Bonchev–Trinajstić information content (AvgIpc) is 2.55. The Labute approximate surface area is 140 Å². The predicted octanol–water partition coefficient (Wildman–Crippen LogP) is 2.85. The van der Waals surface area contributed by atoms with E-state index >= 15 is 0 Å². The summed E-state index contributed by atoms with van der Waals surface area (Å²) in [7, 11) is -4.08. The molecule has 24 heavy (non-hydrogen) atoms. The summed E-state index contributed by atoms with van der Waals surface area (Å²) in [5.74, 6) is 0.176. The Balaban J connectivity index is 2.27. The van der Waals surface area contributed by atoms with Crippen molar-refractivity contribution in [1.29, 1.82) is 0 Å². The monoisotopic (exact) mass is 349 g/mol. The number of nitro benzene ring substituents is 1. The molecule has 0 fully saturated rings. The van der Waals surface area contributed by atoms with Crippen molar-refractivity contribution in [3.63, 3.8) is 0 Å². The van der Waals surface area contributed by atoms with Crippen LogP contribution in [0, 0.1) is 10.1 Å². The van der Waals surface area contributed by atoms with Crippen molar-refractivity contribution in [2.24, 2.45) is 5.14 Å². The Hall–Kier alpha value is -2.45. The molecule has 2 aromatic carbocycles. The quantitative estimate of drug-likeness (QED) is 0.589. The molecule has 2 rings (SSSR count). The average molecular weight is 349 g/mol. The highest BCUT2D eigenvalue weighted by Crippen LogP contribution is 2.27. The molecule has 0 saturated heterocycles. The number of primary sulfonamides is 1. The van der Waals surface area contributed by atoms with Gasteiger partial charge in [0, 0.05) is 24.6 Å². The summed E-state index contributed by atoms with van der Waals surface area (Å²) in [5, 5.41) is 19.1. The van der Waals surface area contributed by atoms with Gasteiger partial charge in [-0.1, -0.05) is 37.3 Å². The van der Waals surface area contributed by atoms with Gasteiger partial charge in [-0.3, -0.25) is 10.1 Å². The summed E-state index contributed by atoms with van der Waals surface area (Å²) in [6.45, 7) is 2.52. The molecule has 0 amide bonds. The van der Waals surface area contributed by atoms with Gasteiger partial charge in [0.25, 0.3) is 5.69 Å². The lowest BCUT2D eigenvalue weighted by atomic mass is 9.96. The fourth-order valence-electron chi connectivity index (χ4n) is 2.46. The summed E-state index contributed by atoms with van der Waals surface area (Å²) in [6.07, 6.45) is 0.856. The van der Waals surface area contributed by atoms with Gasteiger partial charge in [0.1, 0.15) is 4.90 Å². The van der Waals surface area contributed by atoms with E-state index < -0.39 is 14.9 Å². The molecule has 0 bridgehead atoms. The number of nitro groups is 1. The molecule has 0 spiro atoms. The molecule has 1 atom stereocenters. The van der Waals surface area contributed by atoms with Crippen LogP contribution in [0.15, 0.2) is 53.4 Å². The molecule has 0 heterocycles. The van der Waals surface area contributed by atoms with Crippen molar-refractivity contribution < 1.29 is 13.3 Å². The Bertz CT molecular complexity index is 822. The number of rotatable bonds is 7. The molecule has 0 aliphatic carbocycles. The molecular formula is C16H19N3O4S. The summed E-state index contributed by atoms with van der Waals surface area (Å²) in [6, 6.07) is 13.4. The Morgan fingerprint density at radius 1 is 1.21 bits per heavy atom. The maximum absolute atomic E-state index is 11.7. The van der Waals surface area contributed by atoms with Crippen LogP contribution in [0.25, 0.3) is 0 Å². The van der Waals surface area contributed by atoms with E-state index in [9.17, 15) is 18.5 Å². The van der Waals surface area contributed by atoms with Crippen LogP contribution in [0.1, 0.15) is 24.8 Å². The van der Waals surface area contributed by atoms with E-state index in [4.69, 9.17) is 5.14 Å². The van der Waals surface area contributed by atoms with Crippen molar-refractivity contribution >= 4 is 21.4 Å². The molecule has 0 radical (unpaired) electrons. The van der Waals surface area contributed by atoms with E-state index in [1.165, 1.54) is 12.1 Å². The molecule has 3 N–H and O–H groups in total. The summed E-state index contributed by atoms with van der Waals surface area (Å²) >= 11 is 0. The minimum atomic E-state index is -4.08. The van der Waals surface area contributed by atoms with Crippen LogP contribution in [-0.4, -0.2) is 19.9 Å². The zero-order valence-corrected chi connectivity index (χ0v) is 14.0. The molecule has 1 unspecified atom stereocenters. The Morgan fingerprint density at radius 2 is 1.88 bits per heavy atom. The van der Waals surface area contributed by atoms with Gasteiger partial charge in [-0.05, 0) is 18.1 Å². The molecule has 0 saturated carbocycles. The second-order valence-corrected chi connectivity index (χ2v) is 6.91. The number of nitrogens with two attached hydrogens (primary N) is 1. The van der Waals surface area contributed by atoms with Crippen LogP contribution < -0.4 is 10.5 Å². The second-order valence-electron chi connectivity index (χ2n) is 5.38. The zero-order valence-electron chi connectivity index (χ0n) is 13.2. The van der Waals surface area contributed by atoms with E-state index in [1.807, 2.05) is 37.3 Å². The predicted molar refractivity (Wildman–Crippen MR) is 92.4 cm³/mol. The topological polar surface area (TPSA) is 115 Å². The van der Waals surface area contributed by atoms with Crippen molar-refractivity contribution in [3.8, 4) is 0 Å². The van der Waals surface area contributed by atoms with Crippen molar-refractivity contribution in [2.75, 3.05) is 11.9 Å². The molecule has 128 valence electrons. The fraction of sp³-hybridized carbons (Fsp3) is 0.250. The van der Waals surface area contributed by atoms with Gasteiger partial charge in [0.15, 0.2) is 0 Å². The first kappa shape index (κ1) is 17.9. The minimum absolute atomic E-state index is 0.176. The molecule has 0 aromatic heterocycles. The van der Waals surface area contributed by atoms with E-state index in [0.29, 0.717) is 6.54 Å². The third-order valence-corrected chi connectivity index (χ3v) is 4.74. The number of nitrogens with zero attached hydrogens (tertiary/aromatic N) is 1. The van der Waals surface area contributed by atoms with Gasteiger partial charge in [0.2, 0.25) is 10.0 Å². The molecule has 7 nitrogen and oxygen atoms in total. The highest BCUT2D eigenvalue weighted by Gasteiger charge is 2.19. The maximum Gasteiger partial charge on any atom is 0.270 e. The molecule has 0 aliphatic rings. The lowest BCUT2D eigenvalue weighted by Crippen LogP contribution is -2.18. The highest BCUT2D eigenvalue weighted by molar-refractivity contribution is 7.89. The Kier molecular flexibility index (Phi) is 5.53. The first-order valence-corrected chi connectivity index (χ1v) is 8.97.